The first-order valence-corrected chi connectivity index (χ1v) is 10.5. The van der Waals surface area contributed by atoms with E-state index >= 15 is 0 Å². The van der Waals surface area contributed by atoms with Gasteiger partial charge in [0.1, 0.15) is 6.04 Å². The Morgan fingerprint density at radius 1 is 1.12 bits per heavy atom. The Morgan fingerprint density at radius 2 is 1.69 bits per heavy atom. The van der Waals surface area contributed by atoms with Gasteiger partial charge in [0, 0.05) is 25.9 Å². The van der Waals surface area contributed by atoms with E-state index in [2.05, 4.69) is 4.72 Å². The Hall–Kier alpha value is -1.48. The Balaban J connectivity index is 1.69. The topological polar surface area (TPSA) is 84.9 Å². The monoisotopic (exact) mass is 382 g/mol. The molecule has 2 saturated heterocycles. The third kappa shape index (κ3) is 4.09. The van der Waals surface area contributed by atoms with Crippen molar-refractivity contribution in [3.8, 4) is 0 Å². The number of carbonyl (C=O) groups excluding carboxylic acids is 1. The molecule has 26 heavy (non-hydrogen) atoms. The molecule has 2 heterocycles. The summed E-state index contributed by atoms with van der Waals surface area (Å²) in [4.78, 5) is 14.8. The molecular weight excluding hydrogens is 356 g/mol. The van der Waals surface area contributed by atoms with Gasteiger partial charge in [-0.3, -0.25) is 4.79 Å². The van der Waals surface area contributed by atoms with Crippen molar-refractivity contribution in [3.63, 3.8) is 0 Å². The number of piperidine rings is 1. The molecular formula is C18H26N2O5S. The molecule has 2 aliphatic heterocycles. The van der Waals surface area contributed by atoms with Crippen LogP contribution in [0.25, 0.3) is 0 Å². The molecule has 1 spiro atoms. The molecule has 1 aromatic carbocycles. The van der Waals surface area contributed by atoms with Gasteiger partial charge in [-0.1, -0.05) is 32.0 Å². The van der Waals surface area contributed by atoms with Crippen LogP contribution in [0.1, 0.15) is 26.7 Å². The number of hydrogen-bond acceptors (Lipinski definition) is 5. The smallest absolute Gasteiger partial charge is 0.241 e. The fourth-order valence-electron chi connectivity index (χ4n) is 3.36. The predicted molar refractivity (Wildman–Crippen MR) is 95.8 cm³/mol. The van der Waals surface area contributed by atoms with E-state index < -0.39 is 21.9 Å². The first-order valence-electron chi connectivity index (χ1n) is 8.97. The number of carbonyl (C=O) groups is 1. The zero-order chi connectivity index (χ0) is 18.8. The summed E-state index contributed by atoms with van der Waals surface area (Å²) in [5, 5.41) is 0. The van der Waals surface area contributed by atoms with E-state index in [0.29, 0.717) is 39.1 Å². The Kier molecular flexibility index (Phi) is 5.67. The molecule has 2 fully saturated rings. The number of ether oxygens (including phenoxy) is 2. The summed E-state index contributed by atoms with van der Waals surface area (Å²) in [7, 11) is -3.76. The highest BCUT2D eigenvalue weighted by atomic mass is 32.2. The van der Waals surface area contributed by atoms with Crippen molar-refractivity contribution >= 4 is 15.9 Å². The van der Waals surface area contributed by atoms with Gasteiger partial charge in [-0.2, -0.15) is 4.72 Å². The van der Waals surface area contributed by atoms with Gasteiger partial charge < -0.3 is 14.4 Å². The molecule has 0 saturated carbocycles. The highest BCUT2D eigenvalue weighted by Crippen LogP contribution is 2.31. The van der Waals surface area contributed by atoms with Crippen LogP contribution in [-0.2, 0) is 24.3 Å². The number of nitrogens with one attached hydrogen (secondary N) is 1. The maximum absolute atomic E-state index is 13.0. The normalized spacial score (nSPS) is 21.3. The van der Waals surface area contributed by atoms with Crippen LogP contribution in [-0.4, -0.2) is 57.4 Å². The molecule has 0 aromatic heterocycles. The third-order valence-corrected chi connectivity index (χ3v) is 6.38. The average Bonchev–Trinajstić information content (AvgIpc) is 3.08. The van der Waals surface area contributed by atoms with E-state index in [9.17, 15) is 13.2 Å². The van der Waals surface area contributed by atoms with E-state index in [-0.39, 0.29) is 16.7 Å². The van der Waals surface area contributed by atoms with Crippen LogP contribution in [0.4, 0.5) is 0 Å². The van der Waals surface area contributed by atoms with Gasteiger partial charge in [-0.15, -0.1) is 0 Å². The maximum atomic E-state index is 13.0. The second-order valence-corrected chi connectivity index (χ2v) is 8.80. The van der Waals surface area contributed by atoms with Gasteiger partial charge in [0.15, 0.2) is 5.79 Å². The number of sulfonamides is 1. The summed E-state index contributed by atoms with van der Waals surface area (Å²) < 4.78 is 39.2. The van der Waals surface area contributed by atoms with Gasteiger partial charge >= 0.3 is 0 Å². The number of likely N-dealkylation sites (tertiary alicyclic amines) is 1. The molecule has 0 aliphatic carbocycles. The summed E-state index contributed by atoms with van der Waals surface area (Å²) in [5.74, 6) is -0.934. The van der Waals surface area contributed by atoms with Crippen molar-refractivity contribution < 1.29 is 22.7 Å². The van der Waals surface area contributed by atoms with Crippen molar-refractivity contribution in [1.82, 2.24) is 9.62 Å². The third-order valence-electron chi connectivity index (χ3n) is 4.92. The minimum Gasteiger partial charge on any atom is -0.347 e. The summed E-state index contributed by atoms with van der Waals surface area (Å²) in [6.45, 7) is 5.83. The lowest BCUT2D eigenvalue weighted by Gasteiger charge is -2.39. The first kappa shape index (κ1) is 19.3. The van der Waals surface area contributed by atoms with E-state index in [0.717, 1.165) is 0 Å². The van der Waals surface area contributed by atoms with Crippen molar-refractivity contribution in [2.24, 2.45) is 5.92 Å². The zero-order valence-electron chi connectivity index (χ0n) is 15.2. The Labute approximate surface area is 154 Å². The second-order valence-electron chi connectivity index (χ2n) is 7.09. The lowest BCUT2D eigenvalue weighted by molar-refractivity contribution is -0.188. The van der Waals surface area contributed by atoms with Crippen molar-refractivity contribution in [3.05, 3.63) is 30.3 Å². The highest BCUT2D eigenvalue weighted by molar-refractivity contribution is 7.89. The van der Waals surface area contributed by atoms with Crippen LogP contribution in [0.15, 0.2) is 35.2 Å². The number of benzene rings is 1. The van der Waals surface area contributed by atoms with Crippen LogP contribution >= 0.6 is 0 Å². The highest BCUT2D eigenvalue weighted by Gasteiger charge is 2.42. The molecule has 7 nitrogen and oxygen atoms in total. The minimum atomic E-state index is -3.76. The van der Waals surface area contributed by atoms with Crippen molar-refractivity contribution in [2.75, 3.05) is 26.3 Å². The van der Waals surface area contributed by atoms with Crippen LogP contribution in [0, 0.1) is 5.92 Å². The maximum Gasteiger partial charge on any atom is 0.241 e. The van der Waals surface area contributed by atoms with Crippen LogP contribution < -0.4 is 4.72 Å². The fourth-order valence-corrected chi connectivity index (χ4v) is 4.72. The predicted octanol–water partition coefficient (Wildman–Crippen LogP) is 1.36. The zero-order valence-corrected chi connectivity index (χ0v) is 16.0. The molecule has 2 aliphatic rings. The SMILES string of the molecule is CC(C)[C@H](NS(=O)(=O)c1ccccc1)C(=O)N1CCC2(CC1)OCCO2. The molecule has 8 heteroatoms. The largest absolute Gasteiger partial charge is 0.347 e. The van der Waals surface area contributed by atoms with Gasteiger partial charge in [-0.05, 0) is 18.1 Å². The van der Waals surface area contributed by atoms with E-state index in [4.69, 9.17) is 9.47 Å². The number of amides is 1. The molecule has 1 aromatic rings. The molecule has 1 atom stereocenters. The van der Waals surface area contributed by atoms with Crippen molar-refractivity contribution in [1.29, 1.82) is 0 Å². The second kappa shape index (κ2) is 7.64. The van der Waals surface area contributed by atoms with Gasteiger partial charge in [0.2, 0.25) is 15.9 Å². The molecule has 0 unspecified atom stereocenters. The molecule has 1 amide bonds. The number of rotatable bonds is 5. The van der Waals surface area contributed by atoms with E-state index in [1.165, 1.54) is 12.1 Å². The molecule has 144 valence electrons. The molecule has 0 bridgehead atoms. The molecule has 3 rings (SSSR count). The minimum absolute atomic E-state index is 0.156. The Bertz CT molecular complexity index is 719. The summed E-state index contributed by atoms with van der Waals surface area (Å²) in [6.07, 6.45) is 1.21. The average molecular weight is 382 g/mol. The summed E-state index contributed by atoms with van der Waals surface area (Å²) >= 11 is 0. The Morgan fingerprint density at radius 3 is 2.23 bits per heavy atom. The number of hydrogen-bond donors (Lipinski definition) is 1. The molecule has 1 N–H and O–H groups in total. The fraction of sp³-hybridized carbons (Fsp3) is 0.611. The van der Waals surface area contributed by atoms with Gasteiger partial charge in [0.05, 0.1) is 18.1 Å². The summed E-state index contributed by atoms with van der Waals surface area (Å²) in [5.41, 5.74) is 0. The van der Waals surface area contributed by atoms with Crippen LogP contribution in [0.3, 0.4) is 0 Å². The lowest BCUT2D eigenvalue weighted by Crippen LogP contribution is -2.55. The van der Waals surface area contributed by atoms with Crippen LogP contribution in [0.5, 0.6) is 0 Å². The van der Waals surface area contributed by atoms with Gasteiger partial charge in [-0.25, -0.2) is 8.42 Å². The summed E-state index contributed by atoms with van der Waals surface area (Å²) in [6, 6.07) is 7.30. The van der Waals surface area contributed by atoms with Gasteiger partial charge in [0.25, 0.3) is 0 Å². The quantitative estimate of drug-likeness (QED) is 0.831. The number of nitrogens with zero attached hydrogens (tertiary/aromatic N) is 1. The first-order chi connectivity index (χ1) is 12.3. The van der Waals surface area contributed by atoms with E-state index in [1.54, 1.807) is 23.1 Å². The van der Waals surface area contributed by atoms with E-state index in [1.807, 2.05) is 13.8 Å². The van der Waals surface area contributed by atoms with Crippen molar-refractivity contribution in [2.45, 2.75) is 43.4 Å². The standard InChI is InChI=1S/C18H26N2O5S/c1-14(2)16(19-26(22,23)15-6-4-3-5-7-15)17(21)20-10-8-18(9-11-20)24-12-13-25-18/h3-7,14,16,19H,8-13H2,1-2H3/t16-/m0/s1. The molecule has 0 radical (unpaired) electrons. The van der Waals surface area contributed by atoms with Crippen LogP contribution in [0.2, 0.25) is 0 Å². The lowest BCUT2D eigenvalue weighted by atomic mass is 9.99.